The molecule has 10 heteroatoms. The molecule has 0 radical (unpaired) electrons. The summed E-state index contributed by atoms with van der Waals surface area (Å²) in [6.07, 6.45) is 4.78. The van der Waals surface area contributed by atoms with Crippen LogP contribution in [0.2, 0.25) is 0 Å². The fourth-order valence-corrected chi connectivity index (χ4v) is 6.09. The van der Waals surface area contributed by atoms with Crippen LogP contribution < -0.4 is 10.3 Å². The number of benzene rings is 3. The number of ketones is 1. The van der Waals surface area contributed by atoms with E-state index in [2.05, 4.69) is 22.1 Å². The lowest BCUT2D eigenvalue weighted by Crippen LogP contribution is -2.35. The Morgan fingerprint density at radius 3 is 2.50 bits per heavy atom. The summed E-state index contributed by atoms with van der Waals surface area (Å²) in [5.41, 5.74) is 4.55. The van der Waals surface area contributed by atoms with Crippen molar-refractivity contribution in [3.63, 3.8) is 0 Å². The third-order valence-corrected chi connectivity index (χ3v) is 8.53. The Hall–Kier alpha value is -5.45. The molecule has 0 unspecified atom stereocenters. The van der Waals surface area contributed by atoms with Gasteiger partial charge in [-0.3, -0.25) is 19.1 Å². The number of hydrogen-bond acceptors (Lipinski definition) is 6. The quantitative estimate of drug-likeness (QED) is 0.161. The number of carbonyl (C=O) groups excluding carboxylic acids is 1. The fourth-order valence-electron chi connectivity index (χ4n) is 6.09. The van der Waals surface area contributed by atoms with Crippen LogP contribution in [0.25, 0.3) is 22.3 Å². The molecule has 4 heterocycles. The number of halogens is 2. The highest BCUT2D eigenvalue weighted by Crippen LogP contribution is 2.35. The summed E-state index contributed by atoms with van der Waals surface area (Å²) in [5.74, 6) is -1.12. The molecule has 48 heavy (non-hydrogen) atoms. The number of pyridine rings is 1. The molecule has 3 aromatic heterocycles. The van der Waals surface area contributed by atoms with Crippen LogP contribution in [0.5, 0.6) is 11.5 Å². The van der Waals surface area contributed by atoms with Gasteiger partial charge in [-0.2, -0.15) is 5.10 Å². The van der Waals surface area contributed by atoms with Gasteiger partial charge in [0.2, 0.25) is 0 Å². The molecule has 6 aromatic rings. The first-order valence-electron chi connectivity index (χ1n) is 15.7. The summed E-state index contributed by atoms with van der Waals surface area (Å²) >= 11 is 0. The topological polar surface area (TPSA) is 78.1 Å². The molecule has 0 N–H and O–H groups in total. The number of hydrogen-bond donors (Lipinski definition) is 0. The van der Waals surface area contributed by atoms with Crippen molar-refractivity contribution in [2.45, 2.75) is 19.9 Å². The van der Waals surface area contributed by atoms with Crippen molar-refractivity contribution in [1.82, 2.24) is 19.1 Å². The van der Waals surface area contributed by atoms with E-state index in [1.54, 1.807) is 42.0 Å². The van der Waals surface area contributed by atoms with E-state index in [1.807, 2.05) is 24.4 Å². The number of morpholine rings is 1. The minimum Gasteiger partial charge on any atom is -0.452 e. The summed E-state index contributed by atoms with van der Waals surface area (Å²) in [7, 11) is 0. The zero-order chi connectivity index (χ0) is 33.2. The van der Waals surface area contributed by atoms with E-state index >= 15 is 4.39 Å². The molecule has 3 aromatic carbocycles. The summed E-state index contributed by atoms with van der Waals surface area (Å²) in [6, 6.07) is 23.4. The number of aryl methyl sites for hydroxylation is 1. The zero-order valence-electron chi connectivity index (χ0n) is 26.2. The van der Waals surface area contributed by atoms with Gasteiger partial charge in [-0.15, -0.1) is 0 Å². The summed E-state index contributed by atoms with van der Waals surface area (Å²) in [4.78, 5) is 29.0. The number of nitrogens with zero attached hydrogens (tertiary/aromatic N) is 4. The van der Waals surface area contributed by atoms with Gasteiger partial charge in [0.1, 0.15) is 11.3 Å². The standard InChI is InChI=1S/C38H32F2N4O4/c1-25-12-15-43(30-8-6-29(39)7-9-30)38(46)36(25)33(45)23-26-5-10-34(32(40)22-26)48-35-11-14-41-44-16-13-31(37(35)44)28-4-2-3-27(21-28)24-42-17-19-47-20-18-42/h2-16,21-22H,17-20,23-24H2,1H3. The van der Waals surface area contributed by atoms with E-state index in [4.69, 9.17) is 9.47 Å². The molecule has 0 spiro atoms. The van der Waals surface area contributed by atoms with Gasteiger partial charge in [-0.05, 0) is 83.8 Å². The van der Waals surface area contributed by atoms with Crippen LogP contribution in [0.15, 0.2) is 108 Å². The molecule has 1 fully saturated rings. The average molecular weight is 647 g/mol. The third kappa shape index (κ3) is 6.40. The van der Waals surface area contributed by atoms with Gasteiger partial charge >= 0.3 is 0 Å². The van der Waals surface area contributed by atoms with Gasteiger partial charge in [0.15, 0.2) is 23.1 Å². The lowest BCUT2D eigenvalue weighted by atomic mass is 10.0. The second-order valence-corrected chi connectivity index (χ2v) is 11.8. The molecule has 242 valence electrons. The Balaban J connectivity index is 1.12. The summed E-state index contributed by atoms with van der Waals surface area (Å²) < 4.78 is 43.6. The number of Topliss-reactive ketones (excluding diaryl/α,β-unsaturated/α-hetero) is 1. The van der Waals surface area contributed by atoms with Gasteiger partial charge in [0, 0.05) is 55.8 Å². The van der Waals surface area contributed by atoms with Crippen molar-refractivity contribution in [2.24, 2.45) is 0 Å². The molecule has 0 bridgehead atoms. The number of carbonyl (C=O) groups is 1. The van der Waals surface area contributed by atoms with Gasteiger partial charge in [0.05, 0.1) is 25.0 Å². The van der Waals surface area contributed by atoms with Crippen molar-refractivity contribution in [3.05, 3.63) is 148 Å². The van der Waals surface area contributed by atoms with Crippen LogP contribution in [0.4, 0.5) is 8.78 Å². The zero-order valence-corrected chi connectivity index (χ0v) is 26.2. The van der Waals surface area contributed by atoms with Gasteiger partial charge in [-0.25, -0.2) is 13.3 Å². The van der Waals surface area contributed by atoms with Crippen LogP contribution in [-0.4, -0.2) is 51.2 Å². The van der Waals surface area contributed by atoms with Crippen molar-refractivity contribution in [3.8, 4) is 28.3 Å². The van der Waals surface area contributed by atoms with E-state index in [9.17, 15) is 14.0 Å². The number of rotatable bonds is 9. The minimum atomic E-state index is -0.649. The second kappa shape index (κ2) is 13.3. The van der Waals surface area contributed by atoms with Crippen LogP contribution in [0.3, 0.4) is 0 Å². The molecule has 1 aliphatic heterocycles. The van der Waals surface area contributed by atoms with Crippen LogP contribution in [0, 0.1) is 18.6 Å². The third-order valence-electron chi connectivity index (χ3n) is 8.53. The normalized spacial score (nSPS) is 13.6. The van der Waals surface area contributed by atoms with Crippen LogP contribution in [0.1, 0.15) is 27.0 Å². The highest BCUT2D eigenvalue weighted by molar-refractivity contribution is 5.98. The molecule has 8 nitrogen and oxygen atoms in total. The molecule has 0 saturated carbocycles. The fraction of sp³-hybridized carbons (Fsp3) is 0.184. The Morgan fingerprint density at radius 1 is 0.896 bits per heavy atom. The maximum Gasteiger partial charge on any atom is 0.266 e. The maximum atomic E-state index is 15.5. The highest BCUT2D eigenvalue weighted by atomic mass is 19.1. The maximum absolute atomic E-state index is 15.5. The van der Waals surface area contributed by atoms with Gasteiger partial charge in [-0.1, -0.05) is 24.3 Å². The van der Waals surface area contributed by atoms with Crippen molar-refractivity contribution in [2.75, 3.05) is 26.3 Å². The molecule has 1 aliphatic rings. The largest absolute Gasteiger partial charge is 0.452 e. The van der Waals surface area contributed by atoms with Crippen LogP contribution >= 0.6 is 0 Å². The Kier molecular flexibility index (Phi) is 8.66. The van der Waals surface area contributed by atoms with Crippen molar-refractivity contribution >= 4 is 11.3 Å². The number of aromatic nitrogens is 3. The SMILES string of the molecule is Cc1ccn(-c2ccc(F)cc2)c(=O)c1C(=O)Cc1ccc(Oc2ccnn3ccc(-c4cccc(CN5CCOCC5)c4)c23)c(F)c1. The van der Waals surface area contributed by atoms with E-state index in [1.165, 1.54) is 46.5 Å². The second-order valence-electron chi connectivity index (χ2n) is 11.8. The first-order chi connectivity index (χ1) is 23.3. The molecular formula is C38H32F2N4O4. The van der Waals surface area contributed by atoms with E-state index in [-0.39, 0.29) is 17.7 Å². The molecule has 0 aliphatic carbocycles. The molecular weight excluding hydrogens is 614 g/mol. The highest BCUT2D eigenvalue weighted by Gasteiger charge is 2.20. The first-order valence-corrected chi connectivity index (χ1v) is 15.7. The lowest BCUT2D eigenvalue weighted by Gasteiger charge is -2.26. The summed E-state index contributed by atoms with van der Waals surface area (Å²) in [5, 5.41) is 4.43. The van der Waals surface area contributed by atoms with Gasteiger partial charge < -0.3 is 9.47 Å². The van der Waals surface area contributed by atoms with E-state index < -0.39 is 23.0 Å². The van der Waals surface area contributed by atoms with Crippen molar-refractivity contribution < 1.29 is 23.0 Å². The molecule has 0 atom stereocenters. The predicted octanol–water partition coefficient (Wildman–Crippen LogP) is 6.79. The molecule has 0 amide bonds. The number of fused-ring (bicyclic) bond motifs is 1. The minimum absolute atomic E-state index is 0.00323. The summed E-state index contributed by atoms with van der Waals surface area (Å²) in [6.45, 7) is 5.74. The monoisotopic (exact) mass is 646 g/mol. The smallest absolute Gasteiger partial charge is 0.266 e. The Bertz CT molecular complexity index is 2190. The van der Waals surface area contributed by atoms with Crippen LogP contribution in [-0.2, 0) is 17.7 Å². The molecule has 7 rings (SSSR count). The Labute approximate surface area is 275 Å². The average Bonchev–Trinajstić information content (AvgIpc) is 3.53. The Morgan fingerprint density at radius 2 is 1.71 bits per heavy atom. The first kappa shape index (κ1) is 31.2. The van der Waals surface area contributed by atoms with E-state index in [0.717, 1.165) is 44.0 Å². The number of ether oxygens (including phenoxy) is 2. The predicted molar refractivity (Wildman–Crippen MR) is 178 cm³/mol. The van der Waals surface area contributed by atoms with E-state index in [0.29, 0.717) is 28.1 Å². The lowest BCUT2D eigenvalue weighted by molar-refractivity contribution is 0.0342. The van der Waals surface area contributed by atoms with Gasteiger partial charge in [0.25, 0.3) is 5.56 Å². The molecule has 1 saturated heterocycles. The van der Waals surface area contributed by atoms with Crippen molar-refractivity contribution in [1.29, 1.82) is 0 Å².